The standard InChI is InChI=1S/C21H16F3N3O2.C9H12F3N3/c22-14-6-12(7-15(23)10-14)8-19(27-11-28)20-16(2-1-5-26-20)13-3-4-18(24)17(9-13)21(25)29;1-2-15-7-3-4-13-5-6(7)8(14-15)9(10,11)12/h1-7,9-11,19H,8H2,(H2,25,29)(H,27,28);13H,2-5H2,1H3. The van der Waals surface area contributed by atoms with Crippen LogP contribution in [0.5, 0.6) is 0 Å². The van der Waals surface area contributed by atoms with E-state index in [9.17, 15) is 35.9 Å². The van der Waals surface area contributed by atoms with Gasteiger partial charge in [0.1, 0.15) is 17.5 Å². The number of alkyl halides is 3. The van der Waals surface area contributed by atoms with Crippen LogP contribution < -0.4 is 16.4 Å². The van der Waals surface area contributed by atoms with E-state index >= 15 is 0 Å². The lowest BCUT2D eigenvalue weighted by Crippen LogP contribution is -2.26. The zero-order chi connectivity index (χ0) is 32.0. The monoisotopic (exact) mass is 618 g/mol. The van der Waals surface area contributed by atoms with Gasteiger partial charge in [-0.3, -0.25) is 19.3 Å². The first-order valence-corrected chi connectivity index (χ1v) is 13.5. The molecule has 3 heterocycles. The number of nitrogens with two attached hydrogens (primary N) is 1. The zero-order valence-corrected chi connectivity index (χ0v) is 23.4. The molecule has 0 spiro atoms. The van der Waals surface area contributed by atoms with Gasteiger partial charge in [-0.15, -0.1) is 0 Å². The summed E-state index contributed by atoms with van der Waals surface area (Å²) in [6.45, 7) is 3.27. The molecule has 1 aliphatic heterocycles. The summed E-state index contributed by atoms with van der Waals surface area (Å²) >= 11 is 0. The lowest BCUT2D eigenvalue weighted by atomic mass is 9.94. The number of nitrogens with one attached hydrogen (secondary N) is 2. The molecule has 2 aromatic heterocycles. The summed E-state index contributed by atoms with van der Waals surface area (Å²) in [6, 6.07) is 9.49. The number of amides is 2. The number of fused-ring (bicyclic) bond motifs is 1. The highest BCUT2D eigenvalue weighted by Gasteiger charge is 2.39. The largest absolute Gasteiger partial charge is 0.435 e. The van der Waals surface area contributed by atoms with Gasteiger partial charge in [-0.1, -0.05) is 12.1 Å². The number of halogens is 6. The third-order valence-electron chi connectivity index (χ3n) is 6.92. The van der Waals surface area contributed by atoms with Crippen LogP contribution in [0.4, 0.5) is 26.3 Å². The van der Waals surface area contributed by atoms with Crippen LogP contribution in [0.25, 0.3) is 11.1 Å². The summed E-state index contributed by atoms with van der Waals surface area (Å²) in [7, 11) is 0. The molecular formula is C30H28F6N6O2. The van der Waals surface area contributed by atoms with Crippen LogP contribution in [0.2, 0.25) is 0 Å². The first kappa shape index (κ1) is 32.2. The second kappa shape index (κ2) is 13.7. The number of carbonyl (C=O) groups is 2. The molecule has 44 heavy (non-hydrogen) atoms. The quantitative estimate of drug-likeness (QED) is 0.193. The van der Waals surface area contributed by atoms with Gasteiger partial charge in [-0.05, 0) is 54.8 Å². The summed E-state index contributed by atoms with van der Waals surface area (Å²) in [5, 5.41) is 9.16. The Hall–Kier alpha value is -4.72. The summed E-state index contributed by atoms with van der Waals surface area (Å²) < 4.78 is 80.2. The number of carbonyl (C=O) groups excluding carboxylic acids is 2. The fourth-order valence-electron chi connectivity index (χ4n) is 5.01. The third kappa shape index (κ3) is 7.43. The van der Waals surface area contributed by atoms with Crippen LogP contribution >= 0.6 is 0 Å². The number of rotatable bonds is 8. The molecule has 8 nitrogen and oxygen atoms in total. The number of aryl methyl sites for hydroxylation is 1. The molecule has 1 aliphatic rings. The highest BCUT2D eigenvalue weighted by Crippen LogP contribution is 2.34. The zero-order valence-electron chi connectivity index (χ0n) is 23.4. The average Bonchev–Trinajstić information content (AvgIpc) is 3.37. The number of hydrogen-bond donors (Lipinski definition) is 3. The minimum Gasteiger partial charge on any atom is -0.366 e. The van der Waals surface area contributed by atoms with Crippen molar-refractivity contribution in [3.05, 3.63) is 106 Å². The molecule has 4 aromatic rings. The van der Waals surface area contributed by atoms with Crippen LogP contribution in [0.1, 0.15) is 51.5 Å². The number of pyridine rings is 1. The number of primary amides is 1. The van der Waals surface area contributed by atoms with Gasteiger partial charge in [-0.25, -0.2) is 13.2 Å². The van der Waals surface area contributed by atoms with Crippen LogP contribution in [0.15, 0.2) is 54.7 Å². The molecule has 232 valence electrons. The minimum absolute atomic E-state index is 0.0568. The second-order valence-corrected chi connectivity index (χ2v) is 9.83. The van der Waals surface area contributed by atoms with Gasteiger partial charge in [0.15, 0.2) is 5.69 Å². The number of nitrogens with zero attached hydrogens (tertiary/aromatic N) is 3. The van der Waals surface area contributed by atoms with Crippen molar-refractivity contribution >= 4 is 12.3 Å². The van der Waals surface area contributed by atoms with Crippen molar-refractivity contribution in [3.63, 3.8) is 0 Å². The van der Waals surface area contributed by atoms with Gasteiger partial charge in [0.05, 0.1) is 17.3 Å². The SMILES string of the molecule is CCn1nc(C(F)(F)F)c2c1CCNC2.NC(=O)c1cc(-c2cccnc2C(Cc2cc(F)cc(F)c2)NC=O)ccc1F. The second-order valence-electron chi connectivity index (χ2n) is 9.83. The van der Waals surface area contributed by atoms with Gasteiger partial charge in [0.25, 0.3) is 5.91 Å². The Balaban J connectivity index is 0.000000246. The van der Waals surface area contributed by atoms with Crippen molar-refractivity contribution in [2.75, 3.05) is 6.54 Å². The first-order chi connectivity index (χ1) is 20.9. The Labute approximate surface area is 248 Å². The molecule has 2 aromatic carbocycles. The summed E-state index contributed by atoms with van der Waals surface area (Å²) in [5.74, 6) is -3.16. The molecular weight excluding hydrogens is 590 g/mol. The Kier molecular flexibility index (Phi) is 10.0. The normalized spacial score (nSPS) is 13.3. The fourth-order valence-corrected chi connectivity index (χ4v) is 5.01. The Morgan fingerprint density at radius 3 is 2.50 bits per heavy atom. The Morgan fingerprint density at radius 1 is 1.14 bits per heavy atom. The van der Waals surface area contributed by atoms with Crippen molar-refractivity contribution < 1.29 is 35.9 Å². The van der Waals surface area contributed by atoms with E-state index in [1.165, 1.54) is 23.0 Å². The first-order valence-electron chi connectivity index (χ1n) is 13.5. The van der Waals surface area contributed by atoms with Crippen molar-refractivity contribution in [2.24, 2.45) is 5.73 Å². The average molecular weight is 619 g/mol. The molecule has 1 atom stereocenters. The topological polar surface area (TPSA) is 115 Å². The lowest BCUT2D eigenvalue weighted by Gasteiger charge is -2.19. The van der Waals surface area contributed by atoms with Gasteiger partial charge in [-0.2, -0.15) is 18.3 Å². The van der Waals surface area contributed by atoms with E-state index < -0.39 is 41.3 Å². The Morgan fingerprint density at radius 2 is 1.86 bits per heavy atom. The van der Waals surface area contributed by atoms with Gasteiger partial charge < -0.3 is 16.4 Å². The van der Waals surface area contributed by atoms with Crippen molar-refractivity contribution in [1.29, 1.82) is 0 Å². The molecule has 0 fully saturated rings. The summed E-state index contributed by atoms with van der Waals surface area (Å²) in [5.41, 5.74) is 6.89. The maximum absolute atomic E-state index is 13.8. The molecule has 0 saturated heterocycles. The summed E-state index contributed by atoms with van der Waals surface area (Å²) in [6.07, 6.45) is -1.72. The molecule has 5 rings (SSSR count). The number of aromatic nitrogens is 3. The van der Waals surface area contributed by atoms with E-state index in [1.54, 1.807) is 19.1 Å². The summed E-state index contributed by atoms with van der Waals surface area (Å²) in [4.78, 5) is 26.9. The lowest BCUT2D eigenvalue weighted by molar-refractivity contribution is -0.142. The van der Waals surface area contributed by atoms with Crippen LogP contribution in [0, 0.1) is 17.5 Å². The van der Waals surface area contributed by atoms with E-state index in [0.717, 1.165) is 36.5 Å². The predicted molar refractivity (Wildman–Crippen MR) is 148 cm³/mol. The van der Waals surface area contributed by atoms with Crippen LogP contribution in [0.3, 0.4) is 0 Å². The molecule has 2 amide bonds. The molecule has 0 radical (unpaired) electrons. The highest BCUT2D eigenvalue weighted by atomic mass is 19.4. The van der Waals surface area contributed by atoms with Gasteiger partial charge >= 0.3 is 6.18 Å². The van der Waals surface area contributed by atoms with Crippen molar-refractivity contribution in [1.82, 2.24) is 25.4 Å². The highest BCUT2D eigenvalue weighted by molar-refractivity contribution is 5.94. The van der Waals surface area contributed by atoms with Crippen molar-refractivity contribution in [2.45, 2.75) is 45.1 Å². The fraction of sp³-hybridized carbons (Fsp3) is 0.267. The van der Waals surface area contributed by atoms with E-state index in [0.29, 0.717) is 47.3 Å². The number of hydrogen-bond acceptors (Lipinski definition) is 5. The maximum atomic E-state index is 13.8. The van der Waals surface area contributed by atoms with Gasteiger partial charge in [0, 0.05) is 55.1 Å². The smallest absolute Gasteiger partial charge is 0.366 e. The Bertz CT molecular complexity index is 1640. The molecule has 4 N–H and O–H groups in total. The van der Waals surface area contributed by atoms with E-state index in [1.807, 2.05) is 0 Å². The van der Waals surface area contributed by atoms with Gasteiger partial charge in [0.2, 0.25) is 6.41 Å². The molecule has 14 heteroatoms. The van der Waals surface area contributed by atoms with Crippen LogP contribution in [-0.4, -0.2) is 33.6 Å². The number of benzene rings is 2. The molecule has 0 bridgehead atoms. The van der Waals surface area contributed by atoms with E-state index in [-0.39, 0.29) is 18.5 Å². The molecule has 1 unspecified atom stereocenters. The van der Waals surface area contributed by atoms with Crippen molar-refractivity contribution in [3.8, 4) is 11.1 Å². The minimum atomic E-state index is -4.34. The van der Waals surface area contributed by atoms with E-state index in [4.69, 9.17) is 5.73 Å². The predicted octanol–water partition coefficient (Wildman–Crippen LogP) is 4.86. The molecule has 0 saturated carbocycles. The van der Waals surface area contributed by atoms with Crippen LogP contribution in [-0.2, 0) is 36.9 Å². The maximum Gasteiger partial charge on any atom is 0.435 e. The third-order valence-corrected chi connectivity index (χ3v) is 6.92. The van der Waals surface area contributed by atoms with E-state index in [2.05, 4.69) is 20.7 Å². The molecule has 0 aliphatic carbocycles.